The highest BCUT2D eigenvalue weighted by Gasteiger charge is 2.15. The number of ether oxygens (including phenoxy) is 2. The number of benzene rings is 1. The van der Waals surface area contributed by atoms with Crippen LogP contribution < -0.4 is 14.8 Å². The average molecular weight is 339 g/mol. The van der Waals surface area contributed by atoms with E-state index in [2.05, 4.69) is 33.4 Å². The molecule has 0 aliphatic carbocycles. The molecule has 1 fully saturated rings. The number of methoxy groups -OCH3 is 1. The van der Waals surface area contributed by atoms with Gasteiger partial charge in [0.25, 0.3) is 0 Å². The predicted molar refractivity (Wildman–Crippen MR) is 98.3 cm³/mol. The summed E-state index contributed by atoms with van der Waals surface area (Å²) in [6, 6.07) is 10.3. The molecule has 3 heterocycles. The molecule has 2 aliphatic rings. The Morgan fingerprint density at radius 3 is 2.88 bits per heavy atom. The molecular weight excluding hydrogens is 314 g/mol. The van der Waals surface area contributed by atoms with E-state index in [4.69, 9.17) is 9.47 Å². The van der Waals surface area contributed by atoms with Gasteiger partial charge in [-0.3, -0.25) is 4.90 Å². The Balaban J connectivity index is 1.44. The van der Waals surface area contributed by atoms with E-state index in [0.717, 1.165) is 42.5 Å². The van der Waals surface area contributed by atoms with Gasteiger partial charge in [-0.2, -0.15) is 0 Å². The van der Waals surface area contributed by atoms with Crippen molar-refractivity contribution in [2.24, 2.45) is 0 Å². The number of rotatable bonds is 6. The zero-order valence-electron chi connectivity index (χ0n) is 14.8. The molecule has 2 aliphatic heterocycles. The van der Waals surface area contributed by atoms with Crippen molar-refractivity contribution in [1.82, 2.24) is 9.88 Å². The van der Waals surface area contributed by atoms with Crippen LogP contribution in [0, 0.1) is 0 Å². The summed E-state index contributed by atoms with van der Waals surface area (Å²) in [6.07, 6.45) is 3.63. The Kier molecular flexibility index (Phi) is 4.74. The van der Waals surface area contributed by atoms with Crippen molar-refractivity contribution in [2.75, 3.05) is 32.1 Å². The minimum absolute atomic E-state index is 0.477. The maximum atomic E-state index is 5.99. The molecule has 1 aromatic carbocycles. The van der Waals surface area contributed by atoms with Gasteiger partial charge < -0.3 is 14.8 Å². The van der Waals surface area contributed by atoms with Crippen molar-refractivity contribution >= 4 is 5.82 Å². The largest absolute Gasteiger partial charge is 0.496 e. The van der Waals surface area contributed by atoms with E-state index in [9.17, 15) is 0 Å². The second-order valence-corrected chi connectivity index (χ2v) is 6.73. The summed E-state index contributed by atoms with van der Waals surface area (Å²) in [7, 11) is 1.73. The number of pyridine rings is 1. The first-order valence-corrected chi connectivity index (χ1v) is 9.06. The summed E-state index contributed by atoms with van der Waals surface area (Å²) in [4.78, 5) is 7.11. The standard InChI is InChI=1S/C20H25N3O2/c1-24-19-7-6-18(12-16(19)13-23-10-2-3-11-23)25-14-17-5-4-15-8-9-21-20(15)22-17/h4-7,12H,2-3,8-11,13-14H2,1H3,(H,21,22). The summed E-state index contributed by atoms with van der Waals surface area (Å²) in [5.74, 6) is 2.80. The fourth-order valence-corrected chi connectivity index (χ4v) is 3.59. The van der Waals surface area contributed by atoms with E-state index in [1.54, 1.807) is 7.11 Å². The average Bonchev–Trinajstić information content (AvgIpc) is 3.31. The summed E-state index contributed by atoms with van der Waals surface area (Å²) < 4.78 is 11.5. The van der Waals surface area contributed by atoms with Gasteiger partial charge >= 0.3 is 0 Å². The predicted octanol–water partition coefficient (Wildman–Crippen LogP) is 3.23. The van der Waals surface area contributed by atoms with Gasteiger partial charge in [-0.1, -0.05) is 6.07 Å². The minimum atomic E-state index is 0.477. The smallest absolute Gasteiger partial charge is 0.130 e. The van der Waals surface area contributed by atoms with E-state index >= 15 is 0 Å². The lowest BCUT2D eigenvalue weighted by atomic mass is 10.1. The van der Waals surface area contributed by atoms with Crippen LogP contribution >= 0.6 is 0 Å². The van der Waals surface area contributed by atoms with E-state index in [0.29, 0.717) is 6.61 Å². The number of nitrogens with one attached hydrogen (secondary N) is 1. The highest BCUT2D eigenvalue weighted by Crippen LogP contribution is 2.27. The second-order valence-electron chi connectivity index (χ2n) is 6.73. The first-order chi connectivity index (χ1) is 12.3. The molecule has 1 N–H and O–H groups in total. The highest BCUT2D eigenvalue weighted by molar-refractivity contribution is 5.49. The topological polar surface area (TPSA) is 46.6 Å². The van der Waals surface area contributed by atoms with Gasteiger partial charge in [0.15, 0.2) is 0 Å². The van der Waals surface area contributed by atoms with E-state index < -0.39 is 0 Å². The molecule has 0 spiro atoms. The van der Waals surface area contributed by atoms with Crippen molar-refractivity contribution in [3.05, 3.63) is 47.2 Å². The molecule has 0 atom stereocenters. The first kappa shape index (κ1) is 16.2. The normalized spacial score (nSPS) is 16.5. The molecule has 132 valence electrons. The lowest BCUT2D eigenvalue weighted by Gasteiger charge is -2.18. The number of hydrogen-bond donors (Lipinski definition) is 1. The van der Waals surface area contributed by atoms with Crippen LogP contribution in [0.15, 0.2) is 30.3 Å². The SMILES string of the molecule is COc1ccc(OCc2ccc3c(n2)NCC3)cc1CN1CCCC1. The first-order valence-electron chi connectivity index (χ1n) is 9.06. The molecule has 0 saturated carbocycles. The number of anilines is 1. The molecule has 0 unspecified atom stereocenters. The Morgan fingerprint density at radius 2 is 2.04 bits per heavy atom. The molecule has 1 aromatic heterocycles. The van der Waals surface area contributed by atoms with Crippen molar-refractivity contribution in [3.8, 4) is 11.5 Å². The molecule has 1 saturated heterocycles. The van der Waals surface area contributed by atoms with Crippen LogP contribution in [-0.4, -0.2) is 36.6 Å². The summed E-state index contributed by atoms with van der Waals surface area (Å²) in [5.41, 5.74) is 3.43. The van der Waals surface area contributed by atoms with Crippen molar-refractivity contribution < 1.29 is 9.47 Å². The molecule has 0 bridgehead atoms. The molecule has 0 radical (unpaired) electrons. The van der Waals surface area contributed by atoms with Crippen LogP contribution in [0.4, 0.5) is 5.82 Å². The number of hydrogen-bond acceptors (Lipinski definition) is 5. The quantitative estimate of drug-likeness (QED) is 0.875. The molecule has 5 heteroatoms. The Labute approximate surface area is 149 Å². The minimum Gasteiger partial charge on any atom is -0.496 e. The molecule has 5 nitrogen and oxygen atoms in total. The number of nitrogens with zero attached hydrogens (tertiary/aromatic N) is 2. The Morgan fingerprint density at radius 1 is 1.16 bits per heavy atom. The van der Waals surface area contributed by atoms with Crippen molar-refractivity contribution in [1.29, 1.82) is 0 Å². The molecule has 0 amide bonds. The summed E-state index contributed by atoms with van der Waals surface area (Å²) in [5, 5.41) is 3.31. The molecule has 2 aromatic rings. The van der Waals surface area contributed by atoms with Crippen molar-refractivity contribution in [3.63, 3.8) is 0 Å². The third kappa shape index (κ3) is 3.71. The molecular formula is C20H25N3O2. The number of likely N-dealkylation sites (tertiary alicyclic amines) is 1. The van der Waals surface area contributed by atoms with Crippen LogP contribution in [0.2, 0.25) is 0 Å². The van der Waals surface area contributed by atoms with E-state index in [1.807, 2.05) is 12.1 Å². The maximum Gasteiger partial charge on any atom is 0.130 e. The monoisotopic (exact) mass is 339 g/mol. The maximum absolute atomic E-state index is 5.99. The van der Waals surface area contributed by atoms with Crippen LogP contribution in [0.5, 0.6) is 11.5 Å². The van der Waals surface area contributed by atoms with Gasteiger partial charge in [-0.25, -0.2) is 4.98 Å². The Hall–Kier alpha value is -2.27. The van der Waals surface area contributed by atoms with Crippen LogP contribution in [-0.2, 0) is 19.6 Å². The van der Waals surface area contributed by atoms with Gasteiger partial charge in [0, 0.05) is 18.7 Å². The van der Waals surface area contributed by atoms with Gasteiger partial charge in [-0.05, 0) is 62.2 Å². The zero-order chi connectivity index (χ0) is 17.1. The fraction of sp³-hybridized carbons (Fsp3) is 0.450. The highest BCUT2D eigenvalue weighted by atomic mass is 16.5. The van der Waals surface area contributed by atoms with Crippen LogP contribution in [0.25, 0.3) is 0 Å². The lowest BCUT2D eigenvalue weighted by molar-refractivity contribution is 0.296. The van der Waals surface area contributed by atoms with Crippen LogP contribution in [0.3, 0.4) is 0 Å². The second kappa shape index (κ2) is 7.31. The third-order valence-corrected chi connectivity index (χ3v) is 4.95. The van der Waals surface area contributed by atoms with E-state index in [-0.39, 0.29) is 0 Å². The van der Waals surface area contributed by atoms with Crippen LogP contribution in [0.1, 0.15) is 29.7 Å². The van der Waals surface area contributed by atoms with Gasteiger partial charge in [0.1, 0.15) is 23.9 Å². The lowest BCUT2D eigenvalue weighted by Crippen LogP contribution is -2.18. The number of fused-ring (bicyclic) bond motifs is 1. The zero-order valence-corrected chi connectivity index (χ0v) is 14.8. The molecule has 25 heavy (non-hydrogen) atoms. The van der Waals surface area contributed by atoms with Crippen molar-refractivity contribution in [2.45, 2.75) is 32.4 Å². The molecule has 4 rings (SSSR count). The van der Waals surface area contributed by atoms with Gasteiger partial charge in [0.05, 0.1) is 12.8 Å². The van der Waals surface area contributed by atoms with E-state index in [1.165, 1.54) is 37.1 Å². The van der Waals surface area contributed by atoms with Gasteiger partial charge in [-0.15, -0.1) is 0 Å². The van der Waals surface area contributed by atoms with Gasteiger partial charge in [0.2, 0.25) is 0 Å². The third-order valence-electron chi connectivity index (χ3n) is 4.95. The fourth-order valence-electron chi connectivity index (χ4n) is 3.59. The summed E-state index contributed by atoms with van der Waals surface area (Å²) >= 11 is 0. The number of aromatic nitrogens is 1. The Bertz CT molecular complexity index is 742. The summed E-state index contributed by atoms with van der Waals surface area (Å²) in [6.45, 7) is 4.71.